The molecule has 0 radical (unpaired) electrons. The lowest BCUT2D eigenvalue weighted by atomic mass is 10.1. The number of rotatable bonds is 13. The highest BCUT2D eigenvalue weighted by atomic mass is 32.2. The SMILES string of the molecule is CCCCNC(=O)[C@@H](CC)N(Cc1cccc(OC)c1)C(=O)CN(c1ccc(F)cc1)S(C)(=O)=O. The summed E-state index contributed by atoms with van der Waals surface area (Å²) in [4.78, 5) is 28.0. The summed E-state index contributed by atoms with van der Waals surface area (Å²) < 4.78 is 44.7. The Morgan fingerprint density at radius 1 is 1.11 bits per heavy atom. The Hall–Kier alpha value is -3.14. The number of hydrogen-bond acceptors (Lipinski definition) is 5. The number of hydrogen-bond donors (Lipinski definition) is 1. The third-order valence-electron chi connectivity index (χ3n) is 5.50. The van der Waals surface area contributed by atoms with Crippen molar-refractivity contribution in [2.24, 2.45) is 0 Å². The molecule has 1 atom stereocenters. The third-order valence-corrected chi connectivity index (χ3v) is 6.64. The van der Waals surface area contributed by atoms with Crippen molar-refractivity contribution < 1.29 is 27.1 Å². The first-order valence-electron chi connectivity index (χ1n) is 11.5. The summed E-state index contributed by atoms with van der Waals surface area (Å²) in [6, 6.07) is 11.2. The average molecular weight is 508 g/mol. The molecule has 0 aliphatic heterocycles. The Balaban J connectivity index is 2.40. The fourth-order valence-electron chi connectivity index (χ4n) is 3.61. The van der Waals surface area contributed by atoms with Crippen molar-refractivity contribution in [3.63, 3.8) is 0 Å². The van der Waals surface area contributed by atoms with Gasteiger partial charge in [-0.3, -0.25) is 13.9 Å². The number of amides is 2. The lowest BCUT2D eigenvalue weighted by Crippen LogP contribution is -2.52. The van der Waals surface area contributed by atoms with Gasteiger partial charge in [0.2, 0.25) is 21.8 Å². The first-order valence-corrected chi connectivity index (χ1v) is 13.4. The van der Waals surface area contributed by atoms with Crippen LogP contribution >= 0.6 is 0 Å². The van der Waals surface area contributed by atoms with E-state index >= 15 is 0 Å². The molecule has 10 heteroatoms. The zero-order valence-corrected chi connectivity index (χ0v) is 21.5. The standard InChI is InChI=1S/C25H34FN3O5S/c1-5-7-15-27-25(31)23(6-2)28(17-19-9-8-10-22(16-19)34-3)24(30)18-29(35(4,32)33)21-13-11-20(26)12-14-21/h8-14,16,23H,5-7,15,17-18H2,1-4H3,(H,27,31)/t23-/m1/s1. The van der Waals surface area contributed by atoms with Gasteiger partial charge in [0.25, 0.3) is 0 Å². The smallest absolute Gasteiger partial charge is 0.244 e. The van der Waals surface area contributed by atoms with Crippen LogP contribution in [0.15, 0.2) is 48.5 Å². The summed E-state index contributed by atoms with van der Waals surface area (Å²) in [5.74, 6) is -0.785. The van der Waals surface area contributed by atoms with E-state index in [9.17, 15) is 22.4 Å². The molecule has 0 aliphatic rings. The highest BCUT2D eigenvalue weighted by Crippen LogP contribution is 2.21. The molecule has 192 valence electrons. The number of benzene rings is 2. The van der Waals surface area contributed by atoms with Crippen molar-refractivity contribution in [1.82, 2.24) is 10.2 Å². The van der Waals surface area contributed by atoms with Gasteiger partial charge in [-0.2, -0.15) is 0 Å². The minimum absolute atomic E-state index is 0.0801. The van der Waals surface area contributed by atoms with Crippen molar-refractivity contribution >= 4 is 27.5 Å². The quantitative estimate of drug-likeness (QED) is 0.420. The van der Waals surface area contributed by atoms with Crippen LogP contribution in [0.2, 0.25) is 0 Å². The van der Waals surface area contributed by atoms with E-state index in [0.717, 1.165) is 41.1 Å². The second kappa shape index (κ2) is 13.1. The number of methoxy groups -OCH3 is 1. The number of anilines is 1. The third kappa shape index (κ3) is 8.24. The van der Waals surface area contributed by atoms with Gasteiger partial charge in [0.1, 0.15) is 24.2 Å². The Morgan fingerprint density at radius 2 is 1.80 bits per heavy atom. The van der Waals surface area contributed by atoms with E-state index in [1.54, 1.807) is 31.2 Å². The van der Waals surface area contributed by atoms with Crippen molar-refractivity contribution in [1.29, 1.82) is 0 Å². The van der Waals surface area contributed by atoms with Crippen molar-refractivity contribution in [2.45, 2.75) is 45.7 Å². The maximum absolute atomic E-state index is 13.6. The molecular weight excluding hydrogens is 473 g/mol. The molecule has 1 N–H and O–H groups in total. The fourth-order valence-corrected chi connectivity index (χ4v) is 4.46. The topological polar surface area (TPSA) is 96.0 Å². The van der Waals surface area contributed by atoms with Crippen LogP contribution in [0.1, 0.15) is 38.7 Å². The van der Waals surface area contributed by atoms with E-state index in [2.05, 4.69) is 5.32 Å². The molecule has 0 saturated heterocycles. The number of halogens is 1. The lowest BCUT2D eigenvalue weighted by molar-refractivity contribution is -0.140. The summed E-state index contributed by atoms with van der Waals surface area (Å²) in [6.45, 7) is 3.84. The normalized spacial score (nSPS) is 12.0. The molecule has 0 bridgehead atoms. The molecule has 2 aromatic rings. The summed E-state index contributed by atoms with van der Waals surface area (Å²) in [5, 5.41) is 2.87. The maximum atomic E-state index is 13.6. The van der Waals surface area contributed by atoms with Gasteiger partial charge in [0.15, 0.2) is 0 Å². The molecule has 8 nitrogen and oxygen atoms in total. The van der Waals surface area contributed by atoms with Crippen molar-refractivity contribution in [2.75, 3.05) is 30.8 Å². The lowest BCUT2D eigenvalue weighted by Gasteiger charge is -2.33. The van der Waals surface area contributed by atoms with Gasteiger partial charge in [0, 0.05) is 13.1 Å². The summed E-state index contributed by atoms with van der Waals surface area (Å²) in [7, 11) is -2.34. The number of nitrogens with zero attached hydrogens (tertiary/aromatic N) is 2. The second-order valence-corrected chi connectivity index (χ2v) is 10.1. The van der Waals surface area contributed by atoms with Gasteiger partial charge in [0.05, 0.1) is 19.1 Å². The number of carbonyl (C=O) groups excluding carboxylic acids is 2. The number of nitrogens with one attached hydrogen (secondary N) is 1. The number of ether oxygens (including phenoxy) is 1. The van der Waals surface area contributed by atoms with E-state index in [0.29, 0.717) is 18.7 Å². The zero-order valence-electron chi connectivity index (χ0n) is 20.7. The van der Waals surface area contributed by atoms with Crippen LogP contribution in [0.4, 0.5) is 10.1 Å². The summed E-state index contributed by atoms with van der Waals surface area (Å²) in [5.41, 5.74) is 0.884. The first kappa shape index (κ1) is 28.1. The van der Waals surface area contributed by atoms with Gasteiger partial charge in [-0.15, -0.1) is 0 Å². The Morgan fingerprint density at radius 3 is 2.37 bits per heavy atom. The molecule has 2 aromatic carbocycles. The van der Waals surface area contributed by atoms with E-state index in [1.165, 1.54) is 24.1 Å². The number of unbranched alkanes of at least 4 members (excludes halogenated alkanes) is 1. The van der Waals surface area contributed by atoms with Gasteiger partial charge >= 0.3 is 0 Å². The first-order chi connectivity index (χ1) is 16.6. The number of carbonyl (C=O) groups is 2. The van der Waals surface area contributed by atoms with Gasteiger partial charge in [-0.1, -0.05) is 32.4 Å². The highest BCUT2D eigenvalue weighted by Gasteiger charge is 2.31. The minimum atomic E-state index is -3.87. The molecule has 0 saturated carbocycles. The highest BCUT2D eigenvalue weighted by molar-refractivity contribution is 7.92. The van der Waals surface area contributed by atoms with Crippen molar-refractivity contribution in [3.8, 4) is 5.75 Å². The predicted molar refractivity (Wildman–Crippen MR) is 134 cm³/mol. The van der Waals surface area contributed by atoms with Gasteiger partial charge < -0.3 is 15.0 Å². The summed E-state index contributed by atoms with van der Waals surface area (Å²) in [6.07, 6.45) is 3.02. The maximum Gasteiger partial charge on any atom is 0.244 e. The van der Waals surface area contributed by atoms with Crippen LogP contribution in [0.5, 0.6) is 5.75 Å². The molecule has 0 spiro atoms. The van der Waals surface area contributed by atoms with Crippen LogP contribution in [-0.2, 0) is 26.2 Å². The molecule has 0 heterocycles. The second-order valence-electron chi connectivity index (χ2n) is 8.19. The van der Waals surface area contributed by atoms with Crippen LogP contribution in [0.3, 0.4) is 0 Å². The molecule has 0 unspecified atom stereocenters. The average Bonchev–Trinajstić information content (AvgIpc) is 2.82. The van der Waals surface area contributed by atoms with E-state index in [4.69, 9.17) is 4.74 Å². The van der Waals surface area contributed by atoms with Crippen LogP contribution in [-0.4, -0.2) is 57.6 Å². The predicted octanol–water partition coefficient (Wildman–Crippen LogP) is 3.32. The molecule has 35 heavy (non-hydrogen) atoms. The Bertz CT molecular complexity index is 1090. The molecule has 0 aromatic heterocycles. The number of sulfonamides is 1. The molecule has 2 amide bonds. The Kier molecular flexibility index (Phi) is 10.5. The molecular formula is C25H34FN3O5S. The monoisotopic (exact) mass is 507 g/mol. The zero-order chi connectivity index (χ0) is 26.0. The van der Waals surface area contributed by atoms with Crippen LogP contribution < -0.4 is 14.4 Å². The summed E-state index contributed by atoms with van der Waals surface area (Å²) >= 11 is 0. The minimum Gasteiger partial charge on any atom is -0.497 e. The molecule has 2 rings (SSSR count). The Labute approximate surface area is 207 Å². The van der Waals surface area contributed by atoms with Crippen LogP contribution in [0, 0.1) is 5.82 Å². The van der Waals surface area contributed by atoms with Crippen molar-refractivity contribution in [3.05, 3.63) is 59.9 Å². The molecule has 0 fully saturated rings. The van der Waals surface area contributed by atoms with E-state index in [1.807, 2.05) is 6.92 Å². The van der Waals surface area contributed by atoms with Crippen LogP contribution in [0.25, 0.3) is 0 Å². The van der Waals surface area contributed by atoms with E-state index in [-0.39, 0.29) is 18.1 Å². The van der Waals surface area contributed by atoms with Gasteiger partial charge in [-0.05, 0) is 54.8 Å². The van der Waals surface area contributed by atoms with E-state index < -0.39 is 34.3 Å². The van der Waals surface area contributed by atoms with Gasteiger partial charge in [-0.25, -0.2) is 12.8 Å². The molecule has 0 aliphatic carbocycles. The fraction of sp³-hybridized carbons (Fsp3) is 0.440. The largest absolute Gasteiger partial charge is 0.497 e.